The summed E-state index contributed by atoms with van der Waals surface area (Å²) in [5.74, 6) is 1.76. The number of carbonyl (C=O) groups is 2. The molecule has 200 valence electrons. The van der Waals surface area contributed by atoms with E-state index in [1.165, 1.54) is 0 Å². The van der Waals surface area contributed by atoms with Crippen LogP contribution in [0, 0.1) is 6.92 Å². The highest BCUT2D eigenvalue weighted by atomic mass is 16.5. The molecular formula is C31H31N3O5. The molecule has 5 rings (SSSR count). The molecule has 0 unspecified atom stereocenters. The molecule has 1 aromatic heterocycles. The van der Waals surface area contributed by atoms with Gasteiger partial charge in [-0.15, -0.1) is 0 Å². The molecule has 0 fully saturated rings. The fourth-order valence-electron chi connectivity index (χ4n) is 5.04. The van der Waals surface area contributed by atoms with Crippen molar-refractivity contribution in [3.8, 4) is 11.5 Å². The lowest BCUT2D eigenvalue weighted by Gasteiger charge is -2.13. The summed E-state index contributed by atoms with van der Waals surface area (Å²) in [6.45, 7) is 2.29. The van der Waals surface area contributed by atoms with E-state index in [9.17, 15) is 9.59 Å². The highest BCUT2D eigenvalue weighted by Gasteiger charge is 2.28. The van der Waals surface area contributed by atoms with Crippen molar-refractivity contribution in [2.24, 2.45) is 5.10 Å². The molecule has 0 saturated heterocycles. The van der Waals surface area contributed by atoms with Crippen LogP contribution >= 0.6 is 0 Å². The van der Waals surface area contributed by atoms with Crippen LogP contribution in [-0.4, -0.2) is 38.3 Å². The number of amides is 2. The van der Waals surface area contributed by atoms with E-state index in [0.717, 1.165) is 45.4 Å². The number of hydrogen-bond donors (Lipinski definition) is 2. The van der Waals surface area contributed by atoms with Gasteiger partial charge in [-0.1, -0.05) is 42.5 Å². The number of carbonyl (C=O) groups excluding carboxylic acids is 2. The predicted octanol–water partition coefficient (Wildman–Crippen LogP) is 5.20. The van der Waals surface area contributed by atoms with Crippen LogP contribution in [0.25, 0.3) is 10.8 Å². The molecule has 1 aliphatic rings. The number of hydrazone groups is 1. The first-order valence-electron chi connectivity index (χ1n) is 13.0. The molecular weight excluding hydrogens is 494 g/mol. The summed E-state index contributed by atoms with van der Waals surface area (Å²) in [5, 5.41) is 9.29. The third-order valence-corrected chi connectivity index (χ3v) is 7.01. The Bertz CT molecular complexity index is 1560. The Hall–Kier alpha value is -4.59. The SMILES string of the molecule is COc1ccc(CCNC(=O)c2oc3c(c2C)/C(=N/NC(=O)c2cccc4ccccc24)CCC3)cc1OC. The first-order valence-corrected chi connectivity index (χ1v) is 13.0. The quantitative estimate of drug-likeness (QED) is 0.308. The van der Waals surface area contributed by atoms with E-state index in [4.69, 9.17) is 13.9 Å². The Labute approximate surface area is 227 Å². The van der Waals surface area contributed by atoms with E-state index in [-0.39, 0.29) is 17.6 Å². The minimum absolute atomic E-state index is 0.276. The van der Waals surface area contributed by atoms with E-state index in [0.29, 0.717) is 42.9 Å². The Balaban J connectivity index is 1.28. The first kappa shape index (κ1) is 26.0. The van der Waals surface area contributed by atoms with E-state index >= 15 is 0 Å². The van der Waals surface area contributed by atoms with Crippen molar-refractivity contribution in [2.45, 2.75) is 32.6 Å². The van der Waals surface area contributed by atoms with Crippen molar-refractivity contribution in [3.05, 3.63) is 94.4 Å². The summed E-state index contributed by atoms with van der Waals surface area (Å²) in [5.41, 5.74) is 6.56. The van der Waals surface area contributed by atoms with Crippen molar-refractivity contribution in [2.75, 3.05) is 20.8 Å². The number of aryl methyl sites for hydroxylation is 1. The van der Waals surface area contributed by atoms with Crippen LogP contribution in [-0.2, 0) is 12.8 Å². The normalized spacial score (nSPS) is 13.7. The Kier molecular flexibility index (Phi) is 7.63. The summed E-state index contributed by atoms with van der Waals surface area (Å²) in [4.78, 5) is 26.0. The third-order valence-electron chi connectivity index (χ3n) is 7.01. The summed E-state index contributed by atoms with van der Waals surface area (Å²) in [6.07, 6.45) is 2.84. The summed E-state index contributed by atoms with van der Waals surface area (Å²) in [7, 11) is 3.19. The maximum absolute atomic E-state index is 13.0. The van der Waals surface area contributed by atoms with Gasteiger partial charge in [0.15, 0.2) is 17.3 Å². The van der Waals surface area contributed by atoms with Gasteiger partial charge in [0, 0.05) is 29.7 Å². The van der Waals surface area contributed by atoms with Gasteiger partial charge >= 0.3 is 0 Å². The van der Waals surface area contributed by atoms with Crippen molar-refractivity contribution < 1.29 is 23.5 Å². The average Bonchev–Trinajstić information content (AvgIpc) is 3.32. The highest BCUT2D eigenvalue weighted by molar-refractivity contribution is 6.09. The molecule has 0 radical (unpaired) electrons. The lowest BCUT2D eigenvalue weighted by molar-refractivity contribution is 0.0922. The monoisotopic (exact) mass is 525 g/mol. The Morgan fingerprint density at radius 3 is 2.56 bits per heavy atom. The maximum atomic E-state index is 13.0. The second kappa shape index (κ2) is 11.4. The Morgan fingerprint density at radius 1 is 0.949 bits per heavy atom. The van der Waals surface area contributed by atoms with E-state index < -0.39 is 0 Å². The summed E-state index contributed by atoms with van der Waals surface area (Å²) in [6, 6.07) is 19.1. The van der Waals surface area contributed by atoms with Gasteiger partial charge in [-0.2, -0.15) is 5.10 Å². The van der Waals surface area contributed by atoms with Crippen LogP contribution in [0.4, 0.5) is 0 Å². The molecule has 39 heavy (non-hydrogen) atoms. The van der Waals surface area contributed by atoms with Crippen molar-refractivity contribution >= 4 is 28.3 Å². The van der Waals surface area contributed by atoms with Crippen molar-refractivity contribution in [1.29, 1.82) is 0 Å². The average molecular weight is 526 g/mol. The van der Waals surface area contributed by atoms with Crippen LogP contribution in [0.2, 0.25) is 0 Å². The number of hydrogen-bond acceptors (Lipinski definition) is 6. The molecule has 0 atom stereocenters. The lowest BCUT2D eigenvalue weighted by atomic mass is 9.93. The van der Waals surface area contributed by atoms with Gasteiger partial charge in [0.2, 0.25) is 0 Å². The van der Waals surface area contributed by atoms with Gasteiger partial charge in [-0.05, 0) is 60.7 Å². The number of ether oxygens (including phenoxy) is 2. The van der Waals surface area contributed by atoms with Gasteiger partial charge in [-0.3, -0.25) is 9.59 Å². The maximum Gasteiger partial charge on any atom is 0.287 e. The van der Waals surface area contributed by atoms with Gasteiger partial charge < -0.3 is 19.2 Å². The molecule has 3 aromatic carbocycles. The number of methoxy groups -OCH3 is 2. The minimum Gasteiger partial charge on any atom is -0.493 e. The topological polar surface area (TPSA) is 102 Å². The molecule has 0 saturated carbocycles. The number of nitrogens with one attached hydrogen (secondary N) is 2. The van der Waals surface area contributed by atoms with Gasteiger partial charge in [-0.25, -0.2) is 5.43 Å². The zero-order valence-corrected chi connectivity index (χ0v) is 22.3. The first-order chi connectivity index (χ1) is 19.0. The smallest absolute Gasteiger partial charge is 0.287 e. The molecule has 8 nitrogen and oxygen atoms in total. The molecule has 8 heteroatoms. The molecule has 2 N–H and O–H groups in total. The number of nitrogens with zero attached hydrogens (tertiary/aromatic N) is 1. The van der Waals surface area contributed by atoms with Crippen LogP contribution in [0.1, 0.15) is 56.2 Å². The van der Waals surface area contributed by atoms with Crippen LogP contribution < -0.4 is 20.2 Å². The lowest BCUT2D eigenvalue weighted by Crippen LogP contribution is -2.26. The number of rotatable bonds is 8. The van der Waals surface area contributed by atoms with Crippen LogP contribution in [0.3, 0.4) is 0 Å². The molecule has 1 aliphatic carbocycles. The van der Waals surface area contributed by atoms with E-state index in [1.54, 1.807) is 20.3 Å². The van der Waals surface area contributed by atoms with E-state index in [1.807, 2.05) is 61.5 Å². The number of benzene rings is 3. The Morgan fingerprint density at radius 2 is 1.74 bits per heavy atom. The second-order valence-corrected chi connectivity index (χ2v) is 9.43. The van der Waals surface area contributed by atoms with Gasteiger partial charge in [0.1, 0.15) is 5.76 Å². The van der Waals surface area contributed by atoms with Gasteiger partial charge in [0.25, 0.3) is 11.8 Å². The summed E-state index contributed by atoms with van der Waals surface area (Å²) >= 11 is 0. The molecule has 2 amide bonds. The van der Waals surface area contributed by atoms with E-state index in [2.05, 4.69) is 15.8 Å². The molecule has 0 spiro atoms. The highest BCUT2D eigenvalue weighted by Crippen LogP contribution is 2.30. The predicted molar refractivity (Wildman–Crippen MR) is 150 cm³/mol. The molecule has 4 aromatic rings. The third kappa shape index (κ3) is 5.36. The minimum atomic E-state index is -0.277. The molecule has 0 aliphatic heterocycles. The number of furan rings is 1. The fourth-order valence-corrected chi connectivity index (χ4v) is 5.04. The molecule has 1 heterocycles. The fraction of sp³-hybridized carbons (Fsp3) is 0.258. The van der Waals surface area contributed by atoms with Crippen molar-refractivity contribution in [3.63, 3.8) is 0 Å². The zero-order valence-electron chi connectivity index (χ0n) is 22.3. The zero-order chi connectivity index (χ0) is 27.4. The van der Waals surface area contributed by atoms with Crippen LogP contribution in [0.5, 0.6) is 11.5 Å². The standard InChI is InChI=1S/C31H31N3O5/c1-19-28-24(33-34-30(35)23-11-6-9-21-8-4-5-10-22(21)23)12-7-13-26(28)39-29(19)31(36)32-17-16-20-14-15-25(37-2)27(18-20)38-3/h4-6,8-11,14-15,18H,7,12-13,16-17H2,1-3H3,(H,32,36)(H,34,35)/b33-24+. The second-order valence-electron chi connectivity index (χ2n) is 9.43. The molecule has 0 bridgehead atoms. The van der Waals surface area contributed by atoms with Gasteiger partial charge in [0.05, 0.1) is 19.9 Å². The van der Waals surface area contributed by atoms with Crippen LogP contribution in [0.15, 0.2) is 70.2 Å². The van der Waals surface area contributed by atoms with Crippen molar-refractivity contribution in [1.82, 2.24) is 10.7 Å². The number of fused-ring (bicyclic) bond motifs is 2. The largest absolute Gasteiger partial charge is 0.493 e. The summed E-state index contributed by atoms with van der Waals surface area (Å²) < 4.78 is 16.6.